The molecule has 178 valence electrons. The second kappa shape index (κ2) is 9.71. The summed E-state index contributed by atoms with van der Waals surface area (Å²) in [6.07, 6.45) is 0.723. The van der Waals surface area contributed by atoms with E-state index in [0.717, 1.165) is 17.5 Å². The van der Waals surface area contributed by atoms with Gasteiger partial charge < -0.3 is 14.5 Å². The van der Waals surface area contributed by atoms with E-state index < -0.39 is 0 Å². The molecule has 0 spiro atoms. The first-order valence-electron chi connectivity index (χ1n) is 11.2. The monoisotopic (exact) mass is 488 g/mol. The first-order valence-corrected chi connectivity index (χ1v) is 12.1. The zero-order valence-electron chi connectivity index (χ0n) is 19.4. The van der Waals surface area contributed by atoms with Crippen molar-refractivity contribution in [3.05, 3.63) is 87.6 Å². The van der Waals surface area contributed by atoms with Gasteiger partial charge in [0.2, 0.25) is 0 Å². The van der Waals surface area contributed by atoms with Crippen LogP contribution in [0.4, 0.5) is 0 Å². The third-order valence-electron chi connectivity index (χ3n) is 5.81. The molecule has 2 aromatic heterocycles. The SMILES string of the molecule is COc1ccc(-n2c(SCCCn3c(=O)[nH]c4ccccc43)nc3ccccc3c2=O)cc1OC. The number of nitrogens with zero attached hydrogens (tertiary/aromatic N) is 3. The van der Waals surface area contributed by atoms with E-state index in [1.165, 1.54) is 11.8 Å². The van der Waals surface area contributed by atoms with Gasteiger partial charge in [-0.3, -0.25) is 13.9 Å². The molecular formula is C26H24N4O4S. The fourth-order valence-corrected chi connectivity index (χ4v) is 5.05. The molecular weight excluding hydrogens is 464 g/mol. The van der Waals surface area contributed by atoms with Crippen molar-refractivity contribution in [2.45, 2.75) is 18.1 Å². The van der Waals surface area contributed by atoms with Gasteiger partial charge in [-0.25, -0.2) is 9.78 Å². The van der Waals surface area contributed by atoms with Crippen LogP contribution in [-0.4, -0.2) is 39.1 Å². The van der Waals surface area contributed by atoms with Gasteiger partial charge in [0.15, 0.2) is 16.7 Å². The van der Waals surface area contributed by atoms with Gasteiger partial charge >= 0.3 is 5.69 Å². The molecule has 0 radical (unpaired) electrons. The Labute approximate surface area is 205 Å². The molecule has 5 rings (SSSR count). The smallest absolute Gasteiger partial charge is 0.326 e. The van der Waals surface area contributed by atoms with E-state index >= 15 is 0 Å². The van der Waals surface area contributed by atoms with Crippen molar-refractivity contribution in [3.63, 3.8) is 0 Å². The zero-order chi connectivity index (χ0) is 24.4. The van der Waals surface area contributed by atoms with Gasteiger partial charge in [0.05, 0.1) is 41.8 Å². The average molecular weight is 489 g/mol. The molecule has 0 bridgehead atoms. The molecule has 8 nitrogen and oxygen atoms in total. The minimum absolute atomic E-state index is 0.123. The molecule has 0 unspecified atom stereocenters. The number of thioether (sulfide) groups is 1. The molecule has 1 N–H and O–H groups in total. The van der Waals surface area contributed by atoms with E-state index in [-0.39, 0.29) is 11.2 Å². The Balaban J connectivity index is 1.47. The summed E-state index contributed by atoms with van der Waals surface area (Å²) >= 11 is 1.48. The van der Waals surface area contributed by atoms with Crippen LogP contribution in [0.2, 0.25) is 0 Å². The number of aryl methyl sites for hydroxylation is 1. The van der Waals surface area contributed by atoms with Crippen molar-refractivity contribution in [3.8, 4) is 17.2 Å². The number of hydrogen-bond acceptors (Lipinski definition) is 6. The summed E-state index contributed by atoms with van der Waals surface area (Å²) in [6, 6.07) is 20.3. The summed E-state index contributed by atoms with van der Waals surface area (Å²) < 4.78 is 14.1. The van der Waals surface area contributed by atoms with Crippen molar-refractivity contribution < 1.29 is 9.47 Å². The Hall–Kier alpha value is -3.98. The largest absolute Gasteiger partial charge is 0.493 e. The van der Waals surface area contributed by atoms with E-state index in [1.807, 2.05) is 48.5 Å². The Morgan fingerprint density at radius 2 is 1.71 bits per heavy atom. The molecule has 0 aliphatic heterocycles. The van der Waals surface area contributed by atoms with E-state index in [9.17, 15) is 9.59 Å². The number of methoxy groups -OCH3 is 2. The molecule has 5 aromatic rings. The molecule has 3 aromatic carbocycles. The van der Waals surface area contributed by atoms with E-state index in [1.54, 1.807) is 41.6 Å². The number of imidazole rings is 1. The molecule has 0 aliphatic rings. The Kier molecular flexibility index (Phi) is 6.33. The second-order valence-electron chi connectivity index (χ2n) is 7.89. The number of fused-ring (bicyclic) bond motifs is 2. The first kappa shape index (κ1) is 22.8. The average Bonchev–Trinajstić information content (AvgIpc) is 3.21. The van der Waals surface area contributed by atoms with Crippen molar-refractivity contribution >= 4 is 33.7 Å². The molecule has 9 heteroatoms. The van der Waals surface area contributed by atoms with Gasteiger partial charge in [-0.05, 0) is 42.8 Å². The molecule has 0 fully saturated rings. The van der Waals surface area contributed by atoms with Crippen LogP contribution < -0.4 is 20.7 Å². The molecule has 0 atom stereocenters. The van der Waals surface area contributed by atoms with Crippen LogP contribution in [0.5, 0.6) is 11.5 Å². The quantitative estimate of drug-likeness (QED) is 0.200. The van der Waals surface area contributed by atoms with E-state index in [2.05, 4.69) is 4.98 Å². The van der Waals surface area contributed by atoms with E-state index in [0.29, 0.717) is 45.5 Å². The van der Waals surface area contributed by atoms with Crippen molar-refractivity contribution in [2.75, 3.05) is 20.0 Å². The van der Waals surface area contributed by atoms with Crippen LogP contribution in [0.3, 0.4) is 0 Å². The highest BCUT2D eigenvalue weighted by Gasteiger charge is 2.15. The highest BCUT2D eigenvalue weighted by Crippen LogP contribution is 2.30. The molecule has 2 heterocycles. The predicted molar refractivity (Wildman–Crippen MR) is 138 cm³/mol. The summed E-state index contributed by atoms with van der Waals surface area (Å²) in [5.74, 6) is 1.78. The van der Waals surface area contributed by atoms with Gasteiger partial charge in [-0.1, -0.05) is 36.0 Å². The van der Waals surface area contributed by atoms with Crippen molar-refractivity contribution in [1.29, 1.82) is 0 Å². The standard InChI is InChI=1S/C26H24N4O4S/c1-33-22-13-12-17(16-23(22)34-2)30-24(31)18-8-3-4-9-19(18)28-26(30)35-15-7-14-29-21-11-6-5-10-20(21)27-25(29)32/h3-6,8-13,16H,7,14-15H2,1-2H3,(H,27,32). The lowest BCUT2D eigenvalue weighted by Gasteiger charge is -2.15. The van der Waals surface area contributed by atoms with Gasteiger partial charge in [0, 0.05) is 18.4 Å². The number of H-pyrrole nitrogens is 1. The number of benzene rings is 3. The van der Waals surface area contributed by atoms with Gasteiger partial charge in [-0.2, -0.15) is 0 Å². The maximum Gasteiger partial charge on any atom is 0.326 e. The number of rotatable bonds is 8. The topological polar surface area (TPSA) is 91.1 Å². The maximum absolute atomic E-state index is 13.5. The van der Waals surface area contributed by atoms with Crippen LogP contribution in [0.25, 0.3) is 27.6 Å². The van der Waals surface area contributed by atoms with Crippen LogP contribution in [0, 0.1) is 0 Å². The predicted octanol–water partition coefficient (Wildman–Crippen LogP) is 4.23. The number of aromatic amines is 1. The Bertz CT molecular complexity index is 1640. The van der Waals surface area contributed by atoms with Crippen LogP contribution in [0.15, 0.2) is 81.5 Å². The third kappa shape index (κ3) is 4.30. The number of nitrogens with one attached hydrogen (secondary N) is 1. The minimum Gasteiger partial charge on any atom is -0.493 e. The van der Waals surface area contributed by atoms with Crippen LogP contribution in [-0.2, 0) is 6.54 Å². The summed E-state index contributed by atoms with van der Waals surface area (Å²) in [4.78, 5) is 33.5. The number of aromatic nitrogens is 4. The molecule has 0 aliphatic carbocycles. The first-order chi connectivity index (χ1) is 17.1. The summed E-state index contributed by atoms with van der Waals surface area (Å²) in [7, 11) is 3.13. The van der Waals surface area contributed by atoms with Gasteiger partial charge in [0.25, 0.3) is 5.56 Å². The molecule has 0 amide bonds. The Morgan fingerprint density at radius 1 is 0.943 bits per heavy atom. The van der Waals surface area contributed by atoms with Crippen molar-refractivity contribution in [1.82, 2.24) is 19.1 Å². The molecule has 35 heavy (non-hydrogen) atoms. The fourth-order valence-electron chi connectivity index (χ4n) is 4.12. The van der Waals surface area contributed by atoms with Gasteiger partial charge in [-0.15, -0.1) is 0 Å². The molecule has 0 saturated carbocycles. The maximum atomic E-state index is 13.5. The fraction of sp³-hybridized carbons (Fsp3) is 0.192. The molecule has 0 saturated heterocycles. The zero-order valence-corrected chi connectivity index (χ0v) is 20.2. The number of ether oxygens (including phenoxy) is 2. The third-order valence-corrected chi connectivity index (χ3v) is 6.83. The second-order valence-corrected chi connectivity index (χ2v) is 8.95. The normalized spacial score (nSPS) is 11.3. The Morgan fingerprint density at radius 3 is 2.54 bits per heavy atom. The lowest BCUT2D eigenvalue weighted by molar-refractivity contribution is 0.354. The summed E-state index contributed by atoms with van der Waals surface area (Å²) in [5, 5.41) is 1.11. The van der Waals surface area contributed by atoms with E-state index in [4.69, 9.17) is 14.5 Å². The van der Waals surface area contributed by atoms with Crippen LogP contribution in [0.1, 0.15) is 6.42 Å². The number of para-hydroxylation sites is 3. The highest BCUT2D eigenvalue weighted by atomic mass is 32.2. The summed E-state index contributed by atoms with van der Waals surface area (Å²) in [6.45, 7) is 0.560. The lowest BCUT2D eigenvalue weighted by Crippen LogP contribution is -2.22. The highest BCUT2D eigenvalue weighted by molar-refractivity contribution is 7.99. The minimum atomic E-state index is -0.154. The number of hydrogen-bond donors (Lipinski definition) is 1. The van der Waals surface area contributed by atoms with Crippen molar-refractivity contribution in [2.24, 2.45) is 0 Å². The van der Waals surface area contributed by atoms with Gasteiger partial charge in [0.1, 0.15) is 0 Å². The summed E-state index contributed by atoms with van der Waals surface area (Å²) in [5.41, 5.74) is 2.71. The van der Waals surface area contributed by atoms with Crippen LogP contribution >= 0.6 is 11.8 Å². The lowest BCUT2D eigenvalue weighted by atomic mass is 10.2.